The molecule has 0 bridgehead atoms. The van der Waals surface area contributed by atoms with Crippen molar-refractivity contribution in [1.82, 2.24) is 5.32 Å². The van der Waals surface area contributed by atoms with Crippen molar-refractivity contribution in [3.63, 3.8) is 0 Å². The number of hydrogen-bond donors (Lipinski definition) is 3. The number of carbonyl (C=O) groups is 3. The molecule has 0 radical (unpaired) electrons. The first kappa shape index (κ1) is 21.4. The molecule has 0 saturated heterocycles. The Bertz CT molecular complexity index is 879. The van der Waals surface area contributed by atoms with E-state index < -0.39 is 6.04 Å². The van der Waals surface area contributed by atoms with Crippen molar-refractivity contribution in [2.24, 2.45) is 5.92 Å². The molecule has 0 aliphatic carbocycles. The Labute approximate surface area is 169 Å². The molecule has 148 valence electrons. The van der Waals surface area contributed by atoms with Gasteiger partial charge in [0.25, 0.3) is 5.91 Å². The topological polar surface area (TPSA) is 87.3 Å². The van der Waals surface area contributed by atoms with Gasteiger partial charge in [-0.1, -0.05) is 43.1 Å². The standard InChI is InChI=1S/C21H24ClN3O3/c1-12(2)19(25-20(27)15-7-5-13(3)6-8-15)21(28)24-18-10-9-16(11-17(18)22)23-14(4)26/h5-12,19H,1-4H3,(H,23,26)(H,24,28)(H,25,27). The van der Waals surface area contributed by atoms with Crippen LogP contribution in [0.4, 0.5) is 11.4 Å². The van der Waals surface area contributed by atoms with Crippen LogP contribution in [-0.2, 0) is 9.59 Å². The fourth-order valence-corrected chi connectivity index (χ4v) is 2.80. The number of carbonyl (C=O) groups excluding carboxylic acids is 3. The molecule has 1 unspecified atom stereocenters. The maximum absolute atomic E-state index is 12.7. The maximum atomic E-state index is 12.7. The minimum atomic E-state index is -0.736. The van der Waals surface area contributed by atoms with Gasteiger partial charge in [0.05, 0.1) is 10.7 Å². The molecule has 2 aromatic carbocycles. The Kier molecular flexibility index (Phi) is 7.18. The second-order valence-corrected chi connectivity index (χ2v) is 7.33. The summed E-state index contributed by atoms with van der Waals surface area (Å²) in [7, 11) is 0. The van der Waals surface area contributed by atoms with Crippen LogP contribution >= 0.6 is 11.6 Å². The van der Waals surface area contributed by atoms with Crippen LogP contribution in [0.2, 0.25) is 5.02 Å². The van der Waals surface area contributed by atoms with Gasteiger partial charge < -0.3 is 16.0 Å². The predicted octanol–water partition coefficient (Wildman–Crippen LogP) is 4.00. The first-order valence-corrected chi connectivity index (χ1v) is 9.30. The number of aryl methyl sites for hydroxylation is 1. The second-order valence-electron chi connectivity index (χ2n) is 6.93. The van der Waals surface area contributed by atoms with Gasteiger partial charge in [-0.2, -0.15) is 0 Å². The molecule has 0 saturated carbocycles. The zero-order valence-corrected chi connectivity index (χ0v) is 17.1. The lowest BCUT2D eigenvalue weighted by Gasteiger charge is -2.22. The van der Waals surface area contributed by atoms with Gasteiger partial charge in [-0.3, -0.25) is 14.4 Å². The highest BCUT2D eigenvalue weighted by Crippen LogP contribution is 2.26. The van der Waals surface area contributed by atoms with Crippen LogP contribution in [-0.4, -0.2) is 23.8 Å². The normalized spacial score (nSPS) is 11.6. The SMILES string of the molecule is CC(=O)Nc1ccc(NC(=O)C(NC(=O)c2ccc(C)cc2)C(C)C)c(Cl)c1. The number of amides is 3. The number of hydrogen-bond acceptors (Lipinski definition) is 3. The van der Waals surface area contributed by atoms with E-state index in [2.05, 4.69) is 16.0 Å². The van der Waals surface area contributed by atoms with Crippen molar-refractivity contribution in [3.05, 3.63) is 58.6 Å². The third-order valence-corrected chi connectivity index (χ3v) is 4.41. The van der Waals surface area contributed by atoms with Gasteiger partial charge in [0.1, 0.15) is 6.04 Å². The van der Waals surface area contributed by atoms with Gasteiger partial charge in [-0.15, -0.1) is 0 Å². The molecule has 28 heavy (non-hydrogen) atoms. The zero-order chi connectivity index (χ0) is 20.8. The number of benzene rings is 2. The summed E-state index contributed by atoms with van der Waals surface area (Å²) in [4.78, 5) is 36.3. The predicted molar refractivity (Wildman–Crippen MR) is 112 cm³/mol. The van der Waals surface area contributed by atoms with Crippen molar-refractivity contribution in [2.45, 2.75) is 33.7 Å². The lowest BCUT2D eigenvalue weighted by Crippen LogP contribution is -2.47. The molecule has 7 heteroatoms. The van der Waals surface area contributed by atoms with Gasteiger partial charge in [-0.25, -0.2) is 0 Å². The van der Waals surface area contributed by atoms with E-state index in [0.717, 1.165) is 5.56 Å². The maximum Gasteiger partial charge on any atom is 0.251 e. The van der Waals surface area contributed by atoms with Crippen LogP contribution in [0.25, 0.3) is 0 Å². The third kappa shape index (κ3) is 5.82. The Balaban J connectivity index is 2.11. The van der Waals surface area contributed by atoms with E-state index in [0.29, 0.717) is 16.9 Å². The zero-order valence-electron chi connectivity index (χ0n) is 16.3. The fraction of sp³-hybridized carbons (Fsp3) is 0.286. The summed E-state index contributed by atoms with van der Waals surface area (Å²) in [6.07, 6.45) is 0. The average molecular weight is 402 g/mol. The van der Waals surface area contributed by atoms with E-state index in [1.165, 1.54) is 6.92 Å². The molecular formula is C21H24ClN3O3. The number of rotatable bonds is 6. The smallest absolute Gasteiger partial charge is 0.251 e. The average Bonchev–Trinajstić information content (AvgIpc) is 2.61. The summed E-state index contributed by atoms with van der Waals surface area (Å²) in [6.45, 7) is 7.03. The number of nitrogens with one attached hydrogen (secondary N) is 3. The highest BCUT2D eigenvalue weighted by Gasteiger charge is 2.25. The van der Waals surface area contributed by atoms with E-state index in [-0.39, 0.29) is 28.7 Å². The highest BCUT2D eigenvalue weighted by molar-refractivity contribution is 6.34. The molecule has 6 nitrogen and oxygen atoms in total. The largest absolute Gasteiger partial charge is 0.340 e. The van der Waals surface area contributed by atoms with Gasteiger partial charge in [0, 0.05) is 18.2 Å². The van der Waals surface area contributed by atoms with Crippen molar-refractivity contribution < 1.29 is 14.4 Å². The molecule has 2 aromatic rings. The number of halogens is 1. The second kappa shape index (κ2) is 9.37. The van der Waals surface area contributed by atoms with E-state index in [4.69, 9.17) is 11.6 Å². The molecule has 3 N–H and O–H groups in total. The Morgan fingerprint density at radius 3 is 2.14 bits per heavy atom. The summed E-state index contributed by atoms with van der Waals surface area (Å²) >= 11 is 6.20. The van der Waals surface area contributed by atoms with Crippen LogP contribution in [0.15, 0.2) is 42.5 Å². The molecule has 2 rings (SSSR count). The molecule has 0 fully saturated rings. The van der Waals surface area contributed by atoms with Crippen LogP contribution in [0.5, 0.6) is 0 Å². The molecule has 3 amide bonds. The lowest BCUT2D eigenvalue weighted by molar-refractivity contribution is -0.119. The van der Waals surface area contributed by atoms with Crippen LogP contribution < -0.4 is 16.0 Å². The van der Waals surface area contributed by atoms with Gasteiger partial charge in [-0.05, 0) is 43.2 Å². The summed E-state index contributed by atoms with van der Waals surface area (Å²) in [5.41, 5.74) is 2.47. The van der Waals surface area contributed by atoms with Gasteiger partial charge in [0.2, 0.25) is 11.8 Å². The summed E-state index contributed by atoms with van der Waals surface area (Å²) in [5, 5.41) is 8.42. The molecule has 0 aliphatic rings. The highest BCUT2D eigenvalue weighted by atomic mass is 35.5. The van der Waals surface area contributed by atoms with E-state index in [1.807, 2.05) is 32.9 Å². The van der Waals surface area contributed by atoms with E-state index in [1.54, 1.807) is 30.3 Å². The minimum Gasteiger partial charge on any atom is -0.340 e. The van der Waals surface area contributed by atoms with Gasteiger partial charge >= 0.3 is 0 Å². The lowest BCUT2D eigenvalue weighted by atomic mass is 10.0. The Morgan fingerprint density at radius 2 is 1.61 bits per heavy atom. The first-order valence-electron chi connectivity index (χ1n) is 8.93. The van der Waals surface area contributed by atoms with Crippen LogP contribution in [0.3, 0.4) is 0 Å². The molecule has 0 spiro atoms. The van der Waals surface area contributed by atoms with E-state index in [9.17, 15) is 14.4 Å². The fourth-order valence-electron chi connectivity index (χ4n) is 2.57. The summed E-state index contributed by atoms with van der Waals surface area (Å²) in [5.74, 6) is -1.04. The van der Waals surface area contributed by atoms with Crippen LogP contribution in [0.1, 0.15) is 36.7 Å². The summed E-state index contributed by atoms with van der Waals surface area (Å²) in [6, 6.07) is 11.2. The molecular weight excluding hydrogens is 378 g/mol. The molecule has 0 aliphatic heterocycles. The van der Waals surface area contributed by atoms with Crippen molar-refractivity contribution in [3.8, 4) is 0 Å². The Hall–Kier alpha value is -2.86. The number of anilines is 2. The van der Waals surface area contributed by atoms with E-state index >= 15 is 0 Å². The van der Waals surface area contributed by atoms with Crippen molar-refractivity contribution >= 4 is 40.7 Å². The Morgan fingerprint density at radius 1 is 0.964 bits per heavy atom. The quantitative estimate of drug-likeness (QED) is 0.683. The molecule has 0 heterocycles. The van der Waals surface area contributed by atoms with Crippen molar-refractivity contribution in [2.75, 3.05) is 10.6 Å². The van der Waals surface area contributed by atoms with Crippen LogP contribution in [0, 0.1) is 12.8 Å². The molecule has 1 atom stereocenters. The monoisotopic (exact) mass is 401 g/mol. The molecule has 0 aromatic heterocycles. The minimum absolute atomic E-state index is 0.133. The third-order valence-electron chi connectivity index (χ3n) is 4.10. The van der Waals surface area contributed by atoms with Crippen molar-refractivity contribution in [1.29, 1.82) is 0 Å². The summed E-state index contributed by atoms with van der Waals surface area (Å²) < 4.78 is 0. The first-order chi connectivity index (χ1) is 13.2. The van der Waals surface area contributed by atoms with Gasteiger partial charge in [0.15, 0.2) is 0 Å².